The summed E-state index contributed by atoms with van der Waals surface area (Å²) in [5.41, 5.74) is 0.937. The molecule has 0 spiro atoms. The highest BCUT2D eigenvalue weighted by atomic mass is 32.2. The maximum absolute atomic E-state index is 13.7. The van der Waals surface area contributed by atoms with Crippen molar-refractivity contribution in [1.29, 1.82) is 0 Å². The third-order valence-corrected chi connectivity index (χ3v) is 10.6. The lowest BCUT2D eigenvalue weighted by Gasteiger charge is -2.26. The number of thiazole rings is 1. The fourth-order valence-electron chi connectivity index (χ4n) is 4.17. The van der Waals surface area contributed by atoms with Gasteiger partial charge in [-0.2, -0.15) is 4.31 Å². The summed E-state index contributed by atoms with van der Waals surface area (Å²) >= 11 is 1.25. The molecule has 1 aliphatic heterocycles. The highest BCUT2D eigenvalue weighted by Crippen LogP contribution is 2.31. The minimum atomic E-state index is -3.68. The fraction of sp³-hybridized carbons (Fsp3) is 0.440. The summed E-state index contributed by atoms with van der Waals surface area (Å²) < 4.78 is 57.3. The van der Waals surface area contributed by atoms with Crippen molar-refractivity contribution < 1.29 is 26.4 Å². The van der Waals surface area contributed by atoms with Gasteiger partial charge in [0.2, 0.25) is 10.0 Å². The second-order valence-electron chi connectivity index (χ2n) is 8.92. The predicted molar refractivity (Wildman–Crippen MR) is 148 cm³/mol. The van der Waals surface area contributed by atoms with E-state index in [4.69, 9.17) is 4.74 Å². The van der Waals surface area contributed by atoms with E-state index in [9.17, 15) is 21.6 Å². The van der Waals surface area contributed by atoms with Gasteiger partial charge in [0.05, 0.1) is 33.2 Å². The van der Waals surface area contributed by atoms with Gasteiger partial charge in [-0.15, -0.1) is 0 Å². The molecule has 1 fully saturated rings. The number of aromatic nitrogens is 1. The number of rotatable bonds is 10. The maximum atomic E-state index is 13.7. The molecule has 0 aliphatic carbocycles. The molecule has 1 amide bonds. The largest absolute Gasteiger partial charge is 0.379 e. The molecule has 38 heavy (non-hydrogen) atoms. The number of hydrogen-bond donors (Lipinski definition) is 0. The van der Waals surface area contributed by atoms with E-state index in [0.717, 1.165) is 19.3 Å². The van der Waals surface area contributed by atoms with Gasteiger partial charge in [0.15, 0.2) is 15.0 Å². The second kappa shape index (κ2) is 11.8. The van der Waals surface area contributed by atoms with Crippen molar-refractivity contribution in [2.75, 3.05) is 63.6 Å². The van der Waals surface area contributed by atoms with Crippen molar-refractivity contribution in [3.63, 3.8) is 0 Å². The first-order chi connectivity index (χ1) is 18.0. The Bertz CT molecular complexity index is 1490. The maximum Gasteiger partial charge on any atom is 0.260 e. The Balaban J connectivity index is 1.65. The van der Waals surface area contributed by atoms with Crippen LogP contribution < -0.4 is 4.90 Å². The third-order valence-electron chi connectivity index (χ3n) is 6.50. The average Bonchev–Trinajstić information content (AvgIpc) is 3.34. The number of carbonyl (C=O) groups excluding carboxylic acids is 1. The second-order valence-corrected chi connectivity index (χ2v) is 13.9. The normalized spacial score (nSPS) is 15.3. The van der Waals surface area contributed by atoms with Crippen LogP contribution in [0.25, 0.3) is 10.2 Å². The van der Waals surface area contributed by atoms with E-state index in [-0.39, 0.29) is 15.7 Å². The summed E-state index contributed by atoms with van der Waals surface area (Å²) in [6.45, 7) is 8.02. The van der Waals surface area contributed by atoms with E-state index >= 15 is 0 Å². The predicted octanol–water partition coefficient (Wildman–Crippen LogP) is 2.71. The Morgan fingerprint density at radius 1 is 0.974 bits per heavy atom. The number of fused-ring (bicyclic) bond motifs is 1. The van der Waals surface area contributed by atoms with Crippen molar-refractivity contribution >= 4 is 52.5 Å². The van der Waals surface area contributed by atoms with Gasteiger partial charge in [-0.05, 0) is 55.6 Å². The molecule has 0 radical (unpaired) electrons. The Labute approximate surface area is 227 Å². The average molecular weight is 581 g/mol. The Kier molecular flexibility index (Phi) is 8.85. The molecule has 1 saturated heterocycles. The van der Waals surface area contributed by atoms with Gasteiger partial charge in [0, 0.05) is 38.0 Å². The molecule has 1 aliphatic rings. The van der Waals surface area contributed by atoms with Gasteiger partial charge in [-0.1, -0.05) is 25.2 Å². The molecule has 0 atom stereocenters. The Morgan fingerprint density at radius 3 is 2.21 bits per heavy atom. The van der Waals surface area contributed by atoms with Crippen LogP contribution in [-0.4, -0.2) is 95.7 Å². The molecule has 13 heteroatoms. The molecule has 10 nitrogen and oxygen atoms in total. The van der Waals surface area contributed by atoms with Crippen LogP contribution in [0.5, 0.6) is 0 Å². The van der Waals surface area contributed by atoms with Crippen molar-refractivity contribution in [3.8, 4) is 0 Å². The summed E-state index contributed by atoms with van der Waals surface area (Å²) in [6, 6.07) is 10.7. The van der Waals surface area contributed by atoms with Crippen LogP contribution in [0.2, 0.25) is 0 Å². The number of likely N-dealkylation sites (N-methyl/N-ethyl adjacent to an activating group) is 1. The number of sulfone groups is 1. The zero-order chi connectivity index (χ0) is 27.5. The van der Waals surface area contributed by atoms with Crippen molar-refractivity contribution in [1.82, 2.24) is 14.2 Å². The Morgan fingerprint density at radius 2 is 1.61 bits per heavy atom. The van der Waals surface area contributed by atoms with Crippen LogP contribution in [0.1, 0.15) is 24.2 Å². The van der Waals surface area contributed by atoms with Crippen molar-refractivity contribution in [2.45, 2.75) is 23.6 Å². The van der Waals surface area contributed by atoms with Gasteiger partial charge in [-0.25, -0.2) is 21.8 Å². The van der Waals surface area contributed by atoms with E-state index in [1.807, 2.05) is 13.8 Å². The lowest BCUT2D eigenvalue weighted by molar-refractivity contribution is 0.0730. The van der Waals surface area contributed by atoms with Gasteiger partial charge < -0.3 is 9.64 Å². The number of hydrogen-bond acceptors (Lipinski definition) is 9. The molecule has 4 rings (SSSR count). The number of nitrogens with zero attached hydrogens (tertiary/aromatic N) is 4. The molecule has 0 bridgehead atoms. The van der Waals surface area contributed by atoms with Gasteiger partial charge in [-0.3, -0.25) is 9.69 Å². The quantitative estimate of drug-likeness (QED) is 0.359. The SMILES string of the molecule is CCN(CC)CCN(C(=O)c1ccc(S(=O)(=O)N2CCOCC2)cc1)c1nc2ccc(S(C)(=O)=O)cc2s1. The van der Waals surface area contributed by atoms with Crippen LogP contribution in [0, 0.1) is 0 Å². The van der Waals surface area contributed by atoms with Crippen LogP contribution in [0.3, 0.4) is 0 Å². The van der Waals surface area contributed by atoms with E-state index in [1.165, 1.54) is 46.0 Å². The summed E-state index contributed by atoms with van der Waals surface area (Å²) in [6.07, 6.45) is 1.15. The van der Waals surface area contributed by atoms with Gasteiger partial charge in [0.25, 0.3) is 5.91 Å². The summed E-state index contributed by atoms with van der Waals surface area (Å²) in [5.74, 6) is -0.310. The van der Waals surface area contributed by atoms with Gasteiger partial charge in [0.1, 0.15) is 0 Å². The minimum absolute atomic E-state index is 0.124. The molecule has 3 aromatic rings. The summed E-state index contributed by atoms with van der Waals surface area (Å²) in [4.78, 5) is 22.4. The van der Waals surface area contributed by atoms with Crippen LogP contribution in [-0.2, 0) is 24.6 Å². The molecule has 0 N–H and O–H groups in total. The number of ether oxygens (including phenoxy) is 1. The smallest absolute Gasteiger partial charge is 0.260 e. The number of morpholine rings is 1. The number of benzene rings is 2. The molecular weight excluding hydrogens is 548 g/mol. The molecule has 0 saturated carbocycles. The molecule has 0 unspecified atom stereocenters. The van der Waals surface area contributed by atoms with Crippen LogP contribution >= 0.6 is 11.3 Å². The number of carbonyl (C=O) groups is 1. The number of anilines is 1. The minimum Gasteiger partial charge on any atom is -0.379 e. The first kappa shape index (κ1) is 28.6. The molecule has 2 aromatic carbocycles. The fourth-order valence-corrected chi connectivity index (χ4v) is 7.32. The standard InChI is InChI=1S/C25H32N4O6S3/c1-4-27(5-2)12-13-29(25-26-22-11-10-21(37(3,31)32)18-23(22)36-25)24(30)19-6-8-20(9-7-19)38(33,34)28-14-16-35-17-15-28/h6-11,18H,4-5,12-17H2,1-3H3. The number of amides is 1. The van der Waals surface area contributed by atoms with Crippen molar-refractivity contribution in [2.24, 2.45) is 0 Å². The topological polar surface area (TPSA) is 117 Å². The molecule has 1 aromatic heterocycles. The highest BCUT2D eigenvalue weighted by molar-refractivity contribution is 7.90. The monoisotopic (exact) mass is 580 g/mol. The summed E-state index contributed by atoms with van der Waals surface area (Å²) in [7, 11) is -7.06. The zero-order valence-corrected chi connectivity index (χ0v) is 24.1. The number of sulfonamides is 1. The van der Waals surface area contributed by atoms with E-state index in [0.29, 0.717) is 60.3 Å². The van der Waals surface area contributed by atoms with Crippen molar-refractivity contribution in [3.05, 3.63) is 48.0 Å². The van der Waals surface area contributed by atoms with Crippen LogP contribution in [0.4, 0.5) is 5.13 Å². The van der Waals surface area contributed by atoms with Crippen LogP contribution in [0.15, 0.2) is 52.3 Å². The van der Waals surface area contributed by atoms with Gasteiger partial charge >= 0.3 is 0 Å². The highest BCUT2D eigenvalue weighted by Gasteiger charge is 2.27. The zero-order valence-electron chi connectivity index (χ0n) is 21.7. The Hall–Kier alpha value is -2.42. The lowest BCUT2D eigenvalue weighted by Crippen LogP contribution is -2.40. The summed E-state index contributed by atoms with van der Waals surface area (Å²) in [5, 5.41) is 0.452. The lowest BCUT2D eigenvalue weighted by atomic mass is 10.2. The first-order valence-electron chi connectivity index (χ1n) is 12.4. The molecular formula is C25H32N4O6S3. The third kappa shape index (κ3) is 6.24. The van der Waals surface area contributed by atoms with E-state index in [1.54, 1.807) is 17.0 Å². The van der Waals surface area contributed by atoms with E-state index in [2.05, 4.69) is 9.88 Å². The van der Waals surface area contributed by atoms with E-state index < -0.39 is 19.9 Å². The molecule has 2 heterocycles. The first-order valence-corrected chi connectivity index (χ1v) is 16.5. The molecule has 206 valence electrons.